The summed E-state index contributed by atoms with van der Waals surface area (Å²) in [6.45, 7) is 0.509. The zero-order valence-electron chi connectivity index (χ0n) is 12.1. The molecule has 0 bridgehead atoms. The molecular formula is C17H16ClN3O. The molecule has 3 aromatic rings. The van der Waals surface area contributed by atoms with Crippen LogP contribution in [-0.4, -0.2) is 11.7 Å². The highest BCUT2D eigenvalue weighted by Crippen LogP contribution is 2.27. The summed E-state index contributed by atoms with van der Waals surface area (Å²) >= 11 is 0. The molecule has 1 heterocycles. The van der Waals surface area contributed by atoms with E-state index in [4.69, 9.17) is 10.5 Å². The second-order valence-electron chi connectivity index (χ2n) is 4.77. The van der Waals surface area contributed by atoms with Gasteiger partial charge in [-0.25, -0.2) is 0 Å². The highest BCUT2D eigenvalue weighted by atomic mass is 35.5. The van der Waals surface area contributed by atoms with Crippen LogP contribution in [0.15, 0.2) is 48.5 Å². The van der Waals surface area contributed by atoms with Crippen molar-refractivity contribution in [3.05, 3.63) is 59.8 Å². The minimum Gasteiger partial charge on any atom is -0.497 e. The molecule has 0 saturated heterocycles. The number of ether oxygens (including phenoxy) is 1. The van der Waals surface area contributed by atoms with E-state index in [1.54, 1.807) is 7.11 Å². The second-order valence-corrected chi connectivity index (χ2v) is 4.77. The summed E-state index contributed by atoms with van der Waals surface area (Å²) in [5, 5.41) is 10.4. The predicted molar refractivity (Wildman–Crippen MR) is 89.7 cm³/mol. The van der Waals surface area contributed by atoms with E-state index in [1.165, 1.54) is 0 Å². The van der Waals surface area contributed by atoms with Gasteiger partial charge >= 0.3 is 0 Å². The highest BCUT2D eigenvalue weighted by molar-refractivity contribution is 5.86. The van der Waals surface area contributed by atoms with Crippen molar-refractivity contribution in [3.63, 3.8) is 0 Å². The van der Waals surface area contributed by atoms with Crippen LogP contribution in [0.5, 0.6) is 5.75 Å². The minimum absolute atomic E-state index is 0. The van der Waals surface area contributed by atoms with Gasteiger partial charge in [0.1, 0.15) is 17.5 Å². The lowest BCUT2D eigenvalue weighted by Gasteiger charge is -2.08. The van der Waals surface area contributed by atoms with Crippen LogP contribution in [0.25, 0.3) is 16.6 Å². The number of benzene rings is 2. The number of aromatic nitrogens is 1. The lowest BCUT2D eigenvalue weighted by Crippen LogP contribution is -1.99. The number of nitrogens with zero attached hydrogens (tertiary/aromatic N) is 2. The van der Waals surface area contributed by atoms with E-state index in [2.05, 4.69) is 6.07 Å². The summed E-state index contributed by atoms with van der Waals surface area (Å²) in [5.41, 5.74) is 9.21. The summed E-state index contributed by atoms with van der Waals surface area (Å²) in [6.07, 6.45) is 0. The summed E-state index contributed by atoms with van der Waals surface area (Å²) in [4.78, 5) is 0. The number of hydrogen-bond donors (Lipinski definition) is 1. The Morgan fingerprint density at radius 1 is 1.14 bits per heavy atom. The Kier molecular flexibility index (Phi) is 4.71. The van der Waals surface area contributed by atoms with E-state index in [9.17, 15) is 5.26 Å². The molecule has 0 aliphatic carbocycles. The topological polar surface area (TPSA) is 64.0 Å². The van der Waals surface area contributed by atoms with Crippen LogP contribution in [0.2, 0.25) is 0 Å². The standard InChI is InChI=1S/C17H15N3O.ClH/c1-21-16-6-7-17-13(9-16)8-15(11-19)20(17)14-4-2-12(10-18)3-5-14;/h2-9H,10,18H2,1H3;1H. The van der Waals surface area contributed by atoms with Crippen LogP contribution >= 0.6 is 12.4 Å². The fraction of sp³-hybridized carbons (Fsp3) is 0.118. The van der Waals surface area contributed by atoms with Crippen molar-refractivity contribution in [2.45, 2.75) is 6.54 Å². The molecule has 0 spiro atoms. The van der Waals surface area contributed by atoms with Crippen LogP contribution < -0.4 is 10.5 Å². The SMILES string of the molecule is COc1ccc2c(c1)cc(C#N)n2-c1ccc(CN)cc1.Cl. The smallest absolute Gasteiger partial charge is 0.125 e. The zero-order valence-corrected chi connectivity index (χ0v) is 12.9. The molecule has 0 unspecified atom stereocenters. The monoisotopic (exact) mass is 313 g/mol. The van der Waals surface area contributed by atoms with Crippen molar-refractivity contribution in [2.75, 3.05) is 7.11 Å². The first kappa shape index (κ1) is 15.9. The molecule has 5 heteroatoms. The molecule has 0 saturated carbocycles. The minimum atomic E-state index is 0. The molecule has 4 nitrogen and oxygen atoms in total. The molecule has 1 aromatic heterocycles. The van der Waals surface area contributed by atoms with Gasteiger partial charge in [-0.1, -0.05) is 12.1 Å². The first-order chi connectivity index (χ1) is 10.3. The molecule has 3 rings (SSSR count). The summed E-state index contributed by atoms with van der Waals surface area (Å²) in [7, 11) is 1.63. The lowest BCUT2D eigenvalue weighted by molar-refractivity contribution is 0.415. The van der Waals surface area contributed by atoms with Gasteiger partial charge < -0.3 is 15.0 Å². The summed E-state index contributed by atoms with van der Waals surface area (Å²) in [5.74, 6) is 0.780. The van der Waals surface area contributed by atoms with Crippen molar-refractivity contribution >= 4 is 23.3 Å². The molecule has 112 valence electrons. The lowest BCUT2D eigenvalue weighted by atomic mass is 10.2. The van der Waals surface area contributed by atoms with Gasteiger partial charge in [0.25, 0.3) is 0 Å². The van der Waals surface area contributed by atoms with Crippen LogP contribution in [0, 0.1) is 11.3 Å². The molecule has 0 aliphatic rings. The second kappa shape index (κ2) is 6.52. The number of hydrogen-bond acceptors (Lipinski definition) is 3. The van der Waals surface area contributed by atoms with Crippen LogP contribution in [0.1, 0.15) is 11.3 Å². The van der Waals surface area contributed by atoms with E-state index in [-0.39, 0.29) is 12.4 Å². The van der Waals surface area contributed by atoms with Crippen molar-refractivity contribution in [3.8, 4) is 17.5 Å². The molecule has 0 fully saturated rings. The maximum absolute atomic E-state index is 9.39. The van der Waals surface area contributed by atoms with Gasteiger partial charge in [-0.3, -0.25) is 0 Å². The quantitative estimate of drug-likeness (QED) is 0.806. The normalized spacial score (nSPS) is 10.0. The fourth-order valence-corrected chi connectivity index (χ4v) is 2.46. The van der Waals surface area contributed by atoms with Gasteiger partial charge in [0, 0.05) is 17.6 Å². The molecule has 0 amide bonds. The van der Waals surface area contributed by atoms with Gasteiger partial charge in [-0.05, 0) is 42.0 Å². The molecule has 0 radical (unpaired) electrons. The Labute approximate surface area is 135 Å². The predicted octanol–water partition coefficient (Wildman–Crippen LogP) is 3.39. The molecule has 2 N–H and O–H groups in total. The van der Waals surface area contributed by atoms with E-state index in [0.29, 0.717) is 12.2 Å². The Morgan fingerprint density at radius 3 is 2.45 bits per heavy atom. The molecule has 2 aromatic carbocycles. The van der Waals surface area contributed by atoms with Crippen molar-refractivity contribution < 1.29 is 4.74 Å². The van der Waals surface area contributed by atoms with Crippen LogP contribution in [0.4, 0.5) is 0 Å². The van der Waals surface area contributed by atoms with Gasteiger partial charge in [-0.2, -0.15) is 5.26 Å². The molecule has 0 aliphatic heterocycles. The zero-order chi connectivity index (χ0) is 14.8. The summed E-state index contributed by atoms with van der Waals surface area (Å²) in [6, 6.07) is 17.8. The Balaban J connectivity index is 0.00000176. The van der Waals surface area contributed by atoms with E-state index in [1.807, 2.05) is 53.1 Å². The molecule has 0 atom stereocenters. The molecular weight excluding hydrogens is 298 g/mol. The molecule has 22 heavy (non-hydrogen) atoms. The van der Waals surface area contributed by atoms with Gasteiger partial charge in [-0.15, -0.1) is 12.4 Å². The number of halogens is 1. The van der Waals surface area contributed by atoms with Crippen LogP contribution in [0.3, 0.4) is 0 Å². The third kappa shape index (κ3) is 2.64. The fourth-order valence-electron chi connectivity index (χ4n) is 2.46. The van der Waals surface area contributed by atoms with Gasteiger partial charge in [0.15, 0.2) is 0 Å². The van der Waals surface area contributed by atoms with Gasteiger partial charge in [0.2, 0.25) is 0 Å². The number of methoxy groups -OCH3 is 1. The van der Waals surface area contributed by atoms with Gasteiger partial charge in [0.05, 0.1) is 12.6 Å². The van der Waals surface area contributed by atoms with Crippen molar-refractivity contribution in [2.24, 2.45) is 5.73 Å². The number of rotatable bonds is 3. The van der Waals surface area contributed by atoms with Crippen molar-refractivity contribution in [1.29, 1.82) is 5.26 Å². The van der Waals surface area contributed by atoms with E-state index < -0.39 is 0 Å². The van der Waals surface area contributed by atoms with E-state index >= 15 is 0 Å². The average molecular weight is 314 g/mol. The third-order valence-corrected chi connectivity index (χ3v) is 3.55. The summed E-state index contributed by atoms with van der Waals surface area (Å²) < 4.78 is 7.17. The Morgan fingerprint density at radius 2 is 1.86 bits per heavy atom. The first-order valence-electron chi connectivity index (χ1n) is 6.66. The Bertz CT molecular complexity index is 831. The largest absolute Gasteiger partial charge is 0.497 e. The third-order valence-electron chi connectivity index (χ3n) is 3.55. The van der Waals surface area contributed by atoms with E-state index in [0.717, 1.165) is 27.9 Å². The first-order valence-corrected chi connectivity index (χ1v) is 6.66. The maximum atomic E-state index is 9.39. The maximum Gasteiger partial charge on any atom is 0.125 e. The average Bonchev–Trinajstić information content (AvgIpc) is 2.92. The number of nitrogens with two attached hydrogens (primary N) is 1. The highest BCUT2D eigenvalue weighted by Gasteiger charge is 2.11. The van der Waals surface area contributed by atoms with Crippen LogP contribution in [-0.2, 0) is 6.54 Å². The Hall–Kier alpha value is -2.48. The number of nitriles is 1. The number of fused-ring (bicyclic) bond motifs is 1. The van der Waals surface area contributed by atoms with Crippen molar-refractivity contribution in [1.82, 2.24) is 4.57 Å².